The van der Waals surface area contributed by atoms with E-state index in [1.165, 1.54) is 36.5 Å². The van der Waals surface area contributed by atoms with Crippen LogP contribution < -0.4 is 0 Å². The fourth-order valence-corrected chi connectivity index (χ4v) is 3.82. The van der Waals surface area contributed by atoms with Gasteiger partial charge in [-0.1, -0.05) is 6.07 Å². The van der Waals surface area contributed by atoms with Crippen LogP contribution in [0.15, 0.2) is 47.1 Å². The number of Topliss-reactive ketones (excluding diaryl/α,β-unsaturated/α-hetero) is 1. The maximum atomic E-state index is 13.8. The normalized spacial score (nSPS) is 11.8. The second-order valence-corrected chi connectivity index (χ2v) is 7.55. The summed E-state index contributed by atoms with van der Waals surface area (Å²) < 4.78 is 25.6. The summed E-state index contributed by atoms with van der Waals surface area (Å²) in [5, 5.41) is 0. The minimum Gasteiger partial charge on any atom is -0.467 e. The zero-order chi connectivity index (χ0) is 23.6. The van der Waals surface area contributed by atoms with E-state index in [-0.39, 0.29) is 23.6 Å². The molecule has 0 aliphatic heterocycles. The van der Waals surface area contributed by atoms with E-state index in [2.05, 4.69) is 0 Å². The molecule has 1 amide bonds. The van der Waals surface area contributed by atoms with E-state index < -0.39 is 23.7 Å². The van der Waals surface area contributed by atoms with Gasteiger partial charge < -0.3 is 18.6 Å². The standard InChI is InChI=1S/C24H25FN2O5/c1-14-20(15(2)26(4)21(14)24(30)31-5)22(28)16(3)27(13-19-10-7-11-32-19)23(29)17-8-6-9-18(25)12-17/h6-12,16H,13H2,1-5H3. The van der Waals surface area contributed by atoms with E-state index in [1.807, 2.05) is 0 Å². The largest absolute Gasteiger partial charge is 0.467 e. The van der Waals surface area contributed by atoms with Crippen molar-refractivity contribution < 1.29 is 27.9 Å². The predicted octanol–water partition coefficient (Wildman–Crippen LogP) is 4.07. The van der Waals surface area contributed by atoms with E-state index >= 15 is 0 Å². The minimum absolute atomic E-state index is 0.0179. The highest BCUT2D eigenvalue weighted by molar-refractivity contribution is 6.07. The Morgan fingerprint density at radius 2 is 1.91 bits per heavy atom. The lowest BCUT2D eigenvalue weighted by molar-refractivity contribution is 0.0586. The number of hydrogen-bond acceptors (Lipinski definition) is 5. The number of rotatable bonds is 7. The highest BCUT2D eigenvalue weighted by Gasteiger charge is 2.33. The molecule has 0 fully saturated rings. The molecule has 0 saturated heterocycles. The Labute approximate surface area is 185 Å². The van der Waals surface area contributed by atoms with Gasteiger partial charge in [0.1, 0.15) is 17.3 Å². The van der Waals surface area contributed by atoms with Crippen molar-refractivity contribution in [1.29, 1.82) is 0 Å². The molecule has 3 aromatic rings. The van der Waals surface area contributed by atoms with E-state index in [9.17, 15) is 18.8 Å². The summed E-state index contributed by atoms with van der Waals surface area (Å²) in [5.74, 6) is -1.48. The van der Waals surface area contributed by atoms with Gasteiger partial charge in [-0.15, -0.1) is 0 Å². The van der Waals surface area contributed by atoms with Gasteiger partial charge in [0, 0.05) is 23.9 Å². The lowest BCUT2D eigenvalue weighted by atomic mass is 9.99. The molecule has 3 rings (SSSR count). The van der Waals surface area contributed by atoms with Gasteiger partial charge in [-0.2, -0.15) is 0 Å². The summed E-state index contributed by atoms with van der Waals surface area (Å²) in [4.78, 5) is 40.4. The molecule has 1 aromatic carbocycles. The summed E-state index contributed by atoms with van der Waals surface area (Å²) in [6.07, 6.45) is 1.47. The topological polar surface area (TPSA) is 81.8 Å². The third kappa shape index (κ3) is 4.21. The quantitative estimate of drug-likeness (QED) is 0.409. The molecule has 0 aliphatic rings. The molecule has 32 heavy (non-hydrogen) atoms. The molecule has 0 radical (unpaired) electrons. The Balaban J connectivity index is 2.03. The van der Waals surface area contributed by atoms with Crippen molar-refractivity contribution >= 4 is 17.7 Å². The van der Waals surface area contributed by atoms with Crippen LogP contribution in [-0.2, 0) is 18.3 Å². The first-order valence-electron chi connectivity index (χ1n) is 10.0. The highest BCUT2D eigenvalue weighted by atomic mass is 19.1. The predicted molar refractivity (Wildman–Crippen MR) is 115 cm³/mol. The Hall–Kier alpha value is -3.68. The first-order valence-corrected chi connectivity index (χ1v) is 10.0. The van der Waals surface area contributed by atoms with Gasteiger partial charge in [-0.25, -0.2) is 9.18 Å². The number of carbonyl (C=O) groups excluding carboxylic acids is 3. The van der Waals surface area contributed by atoms with Crippen molar-refractivity contribution in [3.05, 3.63) is 82.3 Å². The van der Waals surface area contributed by atoms with Crippen molar-refractivity contribution in [2.24, 2.45) is 7.05 Å². The van der Waals surface area contributed by atoms with Crippen LogP contribution in [-0.4, -0.2) is 40.3 Å². The lowest BCUT2D eigenvalue weighted by Crippen LogP contribution is -2.43. The molecule has 2 heterocycles. The molecule has 0 saturated carbocycles. The highest BCUT2D eigenvalue weighted by Crippen LogP contribution is 2.26. The molecule has 0 spiro atoms. The second kappa shape index (κ2) is 9.21. The monoisotopic (exact) mass is 440 g/mol. The van der Waals surface area contributed by atoms with Gasteiger partial charge in [-0.3, -0.25) is 9.59 Å². The van der Waals surface area contributed by atoms with Crippen LogP contribution in [0.4, 0.5) is 4.39 Å². The van der Waals surface area contributed by atoms with Gasteiger partial charge in [0.2, 0.25) is 0 Å². The number of methoxy groups -OCH3 is 1. The zero-order valence-corrected chi connectivity index (χ0v) is 18.6. The molecular formula is C24H25FN2O5. The third-order valence-electron chi connectivity index (χ3n) is 5.64. The van der Waals surface area contributed by atoms with Crippen LogP contribution in [0, 0.1) is 19.7 Å². The number of esters is 1. The maximum absolute atomic E-state index is 13.8. The summed E-state index contributed by atoms with van der Waals surface area (Å²) >= 11 is 0. The summed E-state index contributed by atoms with van der Waals surface area (Å²) in [6, 6.07) is 7.76. The average Bonchev–Trinajstić information content (AvgIpc) is 3.36. The molecule has 1 atom stereocenters. The second-order valence-electron chi connectivity index (χ2n) is 7.55. The van der Waals surface area contributed by atoms with E-state index in [4.69, 9.17) is 9.15 Å². The van der Waals surface area contributed by atoms with E-state index in [0.717, 1.165) is 6.07 Å². The lowest BCUT2D eigenvalue weighted by Gasteiger charge is -2.28. The van der Waals surface area contributed by atoms with Crippen molar-refractivity contribution in [2.75, 3.05) is 7.11 Å². The van der Waals surface area contributed by atoms with Gasteiger partial charge in [-0.05, 0) is 56.7 Å². The van der Waals surface area contributed by atoms with E-state index in [1.54, 1.807) is 44.5 Å². The van der Waals surface area contributed by atoms with Crippen molar-refractivity contribution in [2.45, 2.75) is 33.4 Å². The van der Waals surface area contributed by atoms with Gasteiger partial charge in [0.15, 0.2) is 5.78 Å². The number of hydrogen-bond donors (Lipinski definition) is 0. The van der Waals surface area contributed by atoms with Crippen molar-refractivity contribution in [3.63, 3.8) is 0 Å². The number of aromatic nitrogens is 1. The van der Waals surface area contributed by atoms with Crippen LogP contribution in [0.1, 0.15) is 55.1 Å². The number of halogens is 1. The van der Waals surface area contributed by atoms with Gasteiger partial charge >= 0.3 is 5.97 Å². The molecule has 1 unspecified atom stereocenters. The van der Waals surface area contributed by atoms with Crippen LogP contribution in [0.2, 0.25) is 0 Å². The number of benzene rings is 1. The van der Waals surface area contributed by atoms with Crippen molar-refractivity contribution in [1.82, 2.24) is 9.47 Å². The number of ether oxygens (including phenoxy) is 1. The Kier molecular flexibility index (Phi) is 6.62. The molecule has 168 valence electrons. The third-order valence-corrected chi connectivity index (χ3v) is 5.64. The fraction of sp³-hybridized carbons (Fsp3) is 0.292. The first kappa shape index (κ1) is 23.0. The molecule has 0 aliphatic carbocycles. The van der Waals surface area contributed by atoms with Crippen LogP contribution in [0.5, 0.6) is 0 Å². The number of ketones is 1. The van der Waals surface area contributed by atoms with Crippen LogP contribution in [0.25, 0.3) is 0 Å². The maximum Gasteiger partial charge on any atom is 0.354 e. The summed E-state index contributed by atoms with van der Waals surface area (Å²) in [5.41, 5.74) is 1.79. The number of carbonyl (C=O) groups is 3. The SMILES string of the molecule is COC(=O)c1c(C)c(C(=O)C(C)N(Cc2ccco2)C(=O)c2cccc(F)c2)c(C)n1C. The molecule has 0 N–H and O–H groups in total. The molecule has 8 heteroatoms. The Morgan fingerprint density at radius 1 is 1.19 bits per heavy atom. The molecule has 7 nitrogen and oxygen atoms in total. The van der Waals surface area contributed by atoms with Gasteiger partial charge in [0.25, 0.3) is 5.91 Å². The fourth-order valence-electron chi connectivity index (χ4n) is 3.82. The number of amides is 1. The number of nitrogens with zero attached hydrogens (tertiary/aromatic N) is 2. The number of furan rings is 1. The Bertz CT molecular complexity index is 1160. The minimum atomic E-state index is -0.916. The molecule has 0 bridgehead atoms. The van der Waals surface area contributed by atoms with Gasteiger partial charge in [0.05, 0.1) is 26.0 Å². The summed E-state index contributed by atoms with van der Waals surface area (Å²) in [6.45, 7) is 5.02. The zero-order valence-electron chi connectivity index (χ0n) is 18.6. The van der Waals surface area contributed by atoms with E-state index in [0.29, 0.717) is 22.6 Å². The van der Waals surface area contributed by atoms with Crippen molar-refractivity contribution in [3.8, 4) is 0 Å². The van der Waals surface area contributed by atoms with Crippen LogP contribution in [0.3, 0.4) is 0 Å². The molecule has 2 aromatic heterocycles. The summed E-state index contributed by atoms with van der Waals surface area (Å²) in [7, 11) is 2.95. The average molecular weight is 440 g/mol. The van der Waals surface area contributed by atoms with Crippen LogP contribution >= 0.6 is 0 Å². The smallest absolute Gasteiger partial charge is 0.354 e. The first-order chi connectivity index (χ1) is 15.2. The Morgan fingerprint density at radius 3 is 2.50 bits per heavy atom. The molecular weight excluding hydrogens is 415 g/mol.